The Labute approximate surface area is 195 Å². The van der Waals surface area contributed by atoms with Gasteiger partial charge >= 0.3 is 0 Å². The number of rotatable bonds is 7. The van der Waals surface area contributed by atoms with E-state index in [4.69, 9.17) is 5.26 Å². The number of aromatic nitrogens is 2. The van der Waals surface area contributed by atoms with Crippen molar-refractivity contribution in [1.29, 1.82) is 5.26 Å². The maximum atomic E-state index is 13.3. The molecule has 0 radical (unpaired) electrons. The second-order valence-electron chi connectivity index (χ2n) is 6.78. The van der Waals surface area contributed by atoms with Gasteiger partial charge in [-0.05, 0) is 35.7 Å². The van der Waals surface area contributed by atoms with E-state index in [2.05, 4.69) is 4.98 Å². The third-order valence-corrected chi connectivity index (χ3v) is 7.56. The van der Waals surface area contributed by atoms with Crippen molar-refractivity contribution in [3.05, 3.63) is 63.3 Å². The molecule has 4 aromatic rings. The Kier molecular flexibility index (Phi) is 6.69. The van der Waals surface area contributed by atoms with E-state index in [9.17, 15) is 14.0 Å². The van der Waals surface area contributed by atoms with Gasteiger partial charge in [0.25, 0.3) is 5.56 Å². The van der Waals surface area contributed by atoms with E-state index in [1.165, 1.54) is 45.1 Å². The van der Waals surface area contributed by atoms with Crippen LogP contribution in [0.3, 0.4) is 0 Å². The largest absolute Gasteiger partial charge is 0.311 e. The maximum absolute atomic E-state index is 13.3. The monoisotopic (exact) mass is 484 g/mol. The molecule has 0 N–H and O–H groups in total. The van der Waals surface area contributed by atoms with Crippen LogP contribution in [0.15, 0.2) is 57.1 Å². The normalized spacial score (nSPS) is 10.9. The predicted octanol–water partition coefficient (Wildman–Crippen LogP) is 4.90. The number of hydrogen-bond donors (Lipinski definition) is 0. The third kappa shape index (κ3) is 4.46. The predicted molar refractivity (Wildman–Crippen MR) is 128 cm³/mol. The van der Waals surface area contributed by atoms with Crippen molar-refractivity contribution in [2.75, 3.05) is 17.2 Å². The van der Waals surface area contributed by atoms with Gasteiger partial charge in [0.05, 0.1) is 23.6 Å². The number of benzene rings is 1. The van der Waals surface area contributed by atoms with E-state index in [-0.39, 0.29) is 30.2 Å². The fourth-order valence-electron chi connectivity index (χ4n) is 3.18. The number of nitrogens with zero attached hydrogens (tertiary/aromatic N) is 4. The molecule has 0 bridgehead atoms. The Morgan fingerprint density at radius 3 is 2.75 bits per heavy atom. The van der Waals surface area contributed by atoms with Gasteiger partial charge in [-0.3, -0.25) is 14.2 Å². The topological polar surface area (TPSA) is 79.0 Å². The summed E-state index contributed by atoms with van der Waals surface area (Å²) >= 11 is 4.13. The van der Waals surface area contributed by atoms with Gasteiger partial charge < -0.3 is 4.90 Å². The van der Waals surface area contributed by atoms with Crippen LogP contribution in [-0.2, 0) is 11.8 Å². The molecule has 3 heterocycles. The number of carbonyl (C=O) groups is 1. The molecule has 4 rings (SSSR count). The zero-order valence-electron chi connectivity index (χ0n) is 16.9. The summed E-state index contributed by atoms with van der Waals surface area (Å²) in [4.78, 5) is 33.7. The van der Waals surface area contributed by atoms with Gasteiger partial charge in [-0.15, -0.1) is 22.7 Å². The standard InChI is InChI=1S/C22H17FN4O2S3/c1-26-21(29)19-16(17-4-2-11-30-17)12-31-20(19)25-22(26)32-13-18(28)27(10-3-9-24)15-7-5-14(23)6-8-15/h2,4-8,11-12H,3,10,13H2,1H3. The molecule has 0 atom stereocenters. The van der Waals surface area contributed by atoms with E-state index in [0.717, 1.165) is 22.2 Å². The lowest BCUT2D eigenvalue weighted by molar-refractivity contribution is -0.116. The lowest BCUT2D eigenvalue weighted by atomic mass is 10.2. The molecular weight excluding hydrogens is 467 g/mol. The molecule has 3 aromatic heterocycles. The fourth-order valence-corrected chi connectivity index (χ4v) is 5.83. The minimum Gasteiger partial charge on any atom is -0.311 e. The molecule has 32 heavy (non-hydrogen) atoms. The highest BCUT2D eigenvalue weighted by Crippen LogP contribution is 2.34. The van der Waals surface area contributed by atoms with Crippen LogP contribution in [-0.4, -0.2) is 27.8 Å². The Morgan fingerprint density at radius 1 is 1.28 bits per heavy atom. The SMILES string of the molecule is Cn1c(SCC(=O)N(CCC#N)c2ccc(F)cc2)nc2scc(-c3cccs3)c2c1=O. The number of nitriles is 1. The van der Waals surface area contributed by atoms with Gasteiger partial charge in [-0.2, -0.15) is 5.26 Å². The van der Waals surface area contributed by atoms with Crippen LogP contribution in [0.4, 0.5) is 10.1 Å². The molecular formula is C22H17FN4O2S3. The van der Waals surface area contributed by atoms with Gasteiger partial charge in [0.15, 0.2) is 5.16 Å². The third-order valence-electron chi connectivity index (χ3n) is 4.77. The first kappa shape index (κ1) is 22.2. The Balaban J connectivity index is 1.58. The first-order chi connectivity index (χ1) is 15.5. The number of hydrogen-bond acceptors (Lipinski definition) is 7. The molecule has 0 aliphatic heterocycles. The Bertz CT molecular complexity index is 1360. The van der Waals surface area contributed by atoms with Crippen LogP contribution in [0.25, 0.3) is 20.7 Å². The van der Waals surface area contributed by atoms with Crippen LogP contribution < -0.4 is 10.5 Å². The van der Waals surface area contributed by atoms with E-state index < -0.39 is 5.82 Å². The summed E-state index contributed by atoms with van der Waals surface area (Å²) in [5.74, 6) is -0.629. The fraction of sp³-hybridized carbons (Fsp3) is 0.182. The molecule has 1 aromatic carbocycles. The summed E-state index contributed by atoms with van der Waals surface area (Å²) < 4.78 is 14.7. The summed E-state index contributed by atoms with van der Waals surface area (Å²) in [6.45, 7) is 0.196. The molecule has 0 fully saturated rings. The highest BCUT2D eigenvalue weighted by Gasteiger charge is 2.20. The summed E-state index contributed by atoms with van der Waals surface area (Å²) in [7, 11) is 1.64. The highest BCUT2D eigenvalue weighted by atomic mass is 32.2. The summed E-state index contributed by atoms with van der Waals surface area (Å²) in [5.41, 5.74) is 1.23. The average Bonchev–Trinajstić information content (AvgIpc) is 3.46. The van der Waals surface area contributed by atoms with E-state index >= 15 is 0 Å². The van der Waals surface area contributed by atoms with Crippen LogP contribution >= 0.6 is 34.4 Å². The Hall–Kier alpha value is -3.00. The van der Waals surface area contributed by atoms with Crippen molar-refractivity contribution in [3.63, 3.8) is 0 Å². The summed E-state index contributed by atoms with van der Waals surface area (Å²) in [6.07, 6.45) is 0.150. The van der Waals surface area contributed by atoms with Crippen LogP contribution in [0, 0.1) is 17.1 Å². The number of amides is 1. The molecule has 1 amide bonds. The minimum atomic E-state index is -0.402. The van der Waals surface area contributed by atoms with Gasteiger partial charge in [0.1, 0.15) is 10.6 Å². The van der Waals surface area contributed by atoms with Gasteiger partial charge in [-0.25, -0.2) is 9.37 Å². The number of thioether (sulfide) groups is 1. The lowest BCUT2D eigenvalue weighted by Crippen LogP contribution is -2.33. The second kappa shape index (κ2) is 9.65. The summed E-state index contributed by atoms with van der Waals surface area (Å²) in [6, 6.07) is 11.5. The molecule has 0 spiro atoms. The van der Waals surface area contributed by atoms with Crippen LogP contribution in [0.5, 0.6) is 0 Å². The Morgan fingerprint density at radius 2 is 2.06 bits per heavy atom. The molecule has 0 saturated carbocycles. The number of halogens is 1. The molecule has 0 saturated heterocycles. The average molecular weight is 485 g/mol. The van der Waals surface area contributed by atoms with Crippen molar-refractivity contribution in [2.45, 2.75) is 11.6 Å². The highest BCUT2D eigenvalue weighted by molar-refractivity contribution is 7.99. The quantitative estimate of drug-likeness (QED) is 0.275. The minimum absolute atomic E-state index is 0.0255. The number of fused-ring (bicyclic) bond motifs is 1. The van der Waals surface area contributed by atoms with Crippen molar-refractivity contribution in [2.24, 2.45) is 7.05 Å². The van der Waals surface area contributed by atoms with Gasteiger partial charge in [0, 0.05) is 35.1 Å². The van der Waals surface area contributed by atoms with E-state index in [1.54, 1.807) is 18.4 Å². The smallest absolute Gasteiger partial charge is 0.263 e. The zero-order chi connectivity index (χ0) is 22.7. The van der Waals surface area contributed by atoms with Gasteiger partial charge in [-0.1, -0.05) is 17.8 Å². The van der Waals surface area contributed by atoms with Crippen LogP contribution in [0.1, 0.15) is 6.42 Å². The van der Waals surface area contributed by atoms with Gasteiger partial charge in [0.2, 0.25) is 5.91 Å². The van der Waals surface area contributed by atoms with Crippen molar-refractivity contribution >= 4 is 56.2 Å². The van der Waals surface area contributed by atoms with Crippen molar-refractivity contribution in [3.8, 4) is 16.5 Å². The summed E-state index contributed by atoms with van der Waals surface area (Å²) in [5, 5.41) is 13.9. The molecule has 6 nitrogen and oxygen atoms in total. The second-order valence-corrected chi connectivity index (χ2v) is 9.53. The van der Waals surface area contributed by atoms with Crippen LogP contribution in [0.2, 0.25) is 0 Å². The lowest BCUT2D eigenvalue weighted by Gasteiger charge is -2.21. The zero-order valence-corrected chi connectivity index (χ0v) is 19.4. The molecule has 0 aliphatic rings. The molecule has 162 valence electrons. The number of anilines is 1. The molecule has 10 heteroatoms. The number of carbonyl (C=O) groups excluding carboxylic acids is 1. The van der Waals surface area contributed by atoms with E-state index in [1.807, 2.05) is 29.0 Å². The number of thiophene rings is 2. The van der Waals surface area contributed by atoms with E-state index in [0.29, 0.717) is 21.1 Å². The molecule has 0 aliphatic carbocycles. The van der Waals surface area contributed by atoms with Crippen molar-refractivity contribution < 1.29 is 9.18 Å². The first-order valence-electron chi connectivity index (χ1n) is 9.57. The van der Waals surface area contributed by atoms with Crippen molar-refractivity contribution in [1.82, 2.24) is 9.55 Å². The molecule has 0 unspecified atom stereocenters. The first-order valence-corrected chi connectivity index (χ1v) is 12.3. The maximum Gasteiger partial charge on any atom is 0.263 e.